The van der Waals surface area contributed by atoms with Crippen molar-refractivity contribution in [3.05, 3.63) is 64.3 Å². The van der Waals surface area contributed by atoms with Crippen LogP contribution in [-0.2, 0) is 28.4 Å². The number of hydrogen-bond acceptors (Lipinski definition) is 16. The van der Waals surface area contributed by atoms with E-state index >= 15 is 0 Å². The average molecular weight is 823 g/mol. The number of nitrogens with one attached hydrogen (secondary N) is 1. The Labute approximate surface area is 325 Å². The minimum Gasteiger partial charge on any atom is -0.513 e. The third-order valence-electron chi connectivity index (χ3n) is 11.0. The normalized spacial score (nSPS) is 30.7. The third-order valence-corrected chi connectivity index (χ3v) is 12.9. The summed E-state index contributed by atoms with van der Waals surface area (Å²) in [5.41, 5.74) is 2.81. The van der Waals surface area contributed by atoms with Crippen LogP contribution in [-0.4, -0.2) is 138 Å². The molecule has 1 aromatic carbocycles. The van der Waals surface area contributed by atoms with Gasteiger partial charge in [0.25, 0.3) is 0 Å². The number of Topliss-reactive ketones (excluding diaryl/α,β-unsaturated/α-hetero) is 3. The van der Waals surface area contributed by atoms with Gasteiger partial charge in [-0.05, 0) is 19.4 Å². The van der Waals surface area contributed by atoms with Crippen molar-refractivity contribution in [3.8, 4) is 5.75 Å². The molecule has 5 rings (SSSR count). The van der Waals surface area contributed by atoms with E-state index in [2.05, 4.69) is 11.9 Å². The first-order valence-corrected chi connectivity index (χ1v) is 20.1. The smallest absolute Gasteiger partial charge is 0.321 e. The number of aliphatic carboxylic acids is 2. The standard InChI is InChI=1S/C37H47N2O17P/c1-15(40)7-8-17(35(47)48)13-57(52,53)14-21(36(49)50)39-12-24(41)37(51)10-19-27(23(11-37)56-25-9-20(38)30(42)16(2)55-25)34(46)29-28(32(19)44)31(43)18-5-4-6-22(54-3)26(18)33(29)45/h4-6,16-17,20-21,23,25,28-30,39-40,42,44,46,51H,1,7-14,38H2,2-3H3,(H,47,48)(H,49,50)(H,52,53)/t16-,17?,20?,21?,23+,25-,28?,29?,30?,37+/m0/s1. The molecule has 0 spiro atoms. The number of rotatable bonds is 16. The Morgan fingerprint density at radius 2 is 1.75 bits per heavy atom. The van der Waals surface area contributed by atoms with Gasteiger partial charge in [0.05, 0.1) is 67.2 Å². The highest BCUT2D eigenvalue weighted by Crippen LogP contribution is 2.52. The Morgan fingerprint density at radius 1 is 1.09 bits per heavy atom. The molecule has 1 heterocycles. The molecule has 11 N–H and O–H groups in total. The molecule has 1 saturated heterocycles. The minimum absolute atomic E-state index is 0.0457. The number of aliphatic hydroxyl groups is 5. The molecule has 19 nitrogen and oxygen atoms in total. The number of benzene rings is 1. The first kappa shape index (κ1) is 43.7. The van der Waals surface area contributed by atoms with Gasteiger partial charge in [-0.25, -0.2) is 0 Å². The van der Waals surface area contributed by atoms with Crippen molar-refractivity contribution in [1.82, 2.24) is 5.32 Å². The molecule has 7 unspecified atom stereocenters. The van der Waals surface area contributed by atoms with E-state index in [0.29, 0.717) is 0 Å². The maximum Gasteiger partial charge on any atom is 0.321 e. The number of ketones is 3. The van der Waals surface area contributed by atoms with E-state index in [1.54, 1.807) is 0 Å². The molecular formula is C37H47N2O17P. The fourth-order valence-electron chi connectivity index (χ4n) is 7.95. The Bertz CT molecular complexity index is 1950. The van der Waals surface area contributed by atoms with Crippen LogP contribution in [0, 0.1) is 17.8 Å². The van der Waals surface area contributed by atoms with Crippen LogP contribution in [0.4, 0.5) is 0 Å². The SMILES string of the molecule is C=C(O)CCC(CP(=O)(O)CC(NCC(=O)[C@@]1(O)CC2=C(O)C3C(=O)c4cccc(OC)c4C(=O)C3C(O)=C2[C@H](O[C@H]2CC(N)C(O)[C@H](C)O2)C1)C(=O)O)C(=O)O. The van der Waals surface area contributed by atoms with Crippen LogP contribution < -0.4 is 15.8 Å². The van der Waals surface area contributed by atoms with Gasteiger partial charge in [-0.1, -0.05) is 18.7 Å². The van der Waals surface area contributed by atoms with Gasteiger partial charge in [-0.3, -0.25) is 33.9 Å². The number of carbonyl (C=O) groups is 5. The summed E-state index contributed by atoms with van der Waals surface area (Å²) in [6, 6.07) is 1.49. The summed E-state index contributed by atoms with van der Waals surface area (Å²) < 4.78 is 30.3. The zero-order valence-corrected chi connectivity index (χ0v) is 32.0. The number of hydrogen-bond donors (Lipinski definition) is 10. The average Bonchev–Trinajstić information content (AvgIpc) is 3.13. The van der Waals surface area contributed by atoms with Crippen LogP contribution in [0.5, 0.6) is 5.75 Å². The van der Waals surface area contributed by atoms with E-state index in [0.717, 1.165) is 0 Å². The highest BCUT2D eigenvalue weighted by Gasteiger charge is 2.57. The predicted molar refractivity (Wildman–Crippen MR) is 196 cm³/mol. The molecule has 0 radical (unpaired) electrons. The van der Waals surface area contributed by atoms with Crippen molar-refractivity contribution in [3.63, 3.8) is 0 Å². The summed E-state index contributed by atoms with van der Waals surface area (Å²) in [7, 11) is -3.24. The van der Waals surface area contributed by atoms with Crippen molar-refractivity contribution in [2.24, 2.45) is 23.5 Å². The minimum atomic E-state index is -4.53. The molecule has 3 aliphatic carbocycles. The van der Waals surface area contributed by atoms with Gasteiger partial charge in [-0.2, -0.15) is 0 Å². The molecule has 0 aromatic heterocycles. The second-order valence-corrected chi connectivity index (χ2v) is 17.4. The van der Waals surface area contributed by atoms with Crippen LogP contribution in [0.1, 0.15) is 59.7 Å². The molecule has 1 saturated carbocycles. The maximum absolute atomic E-state index is 14.0. The molecule has 312 valence electrons. The summed E-state index contributed by atoms with van der Waals surface area (Å²) in [6.45, 7) is 3.82. The van der Waals surface area contributed by atoms with Crippen LogP contribution in [0.25, 0.3) is 0 Å². The first-order chi connectivity index (χ1) is 26.6. The molecule has 11 atom stereocenters. The number of carboxylic acids is 2. The number of fused-ring (bicyclic) bond motifs is 3. The number of allylic oxidation sites excluding steroid dienone is 3. The first-order valence-electron chi connectivity index (χ1n) is 18.1. The van der Waals surface area contributed by atoms with E-state index in [-0.39, 0.29) is 53.0 Å². The fourth-order valence-corrected chi connectivity index (χ4v) is 9.98. The highest BCUT2D eigenvalue weighted by atomic mass is 31.2. The van der Waals surface area contributed by atoms with Gasteiger partial charge in [-0.15, -0.1) is 0 Å². The summed E-state index contributed by atoms with van der Waals surface area (Å²) in [5, 5.41) is 77.0. The van der Waals surface area contributed by atoms with Crippen molar-refractivity contribution in [2.45, 2.75) is 81.3 Å². The van der Waals surface area contributed by atoms with E-state index in [1.807, 2.05) is 0 Å². The maximum atomic E-state index is 14.0. The van der Waals surface area contributed by atoms with Crippen LogP contribution in [0.15, 0.2) is 53.2 Å². The second kappa shape index (κ2) is 16.8. The zero-order valence-electron chi connectivity index (χ0n) is 31.1. The van der Waals surface area contributed by atoms with Crippen molar-refractivity contribution in [2.75, 3.05) is 26.0 Å². The van der Waals surface area contributed by atoms with Crippen molar-refractivity contribution in [1.29, 1.82) is 0 Å². The Kier molecular flexibility index (Phi) is 12.9. The van der Waals surface area contributed by atoms with E-state index in [9.17, 15) is 69.2 Å². The molecule has 20 heteroatoms. The number of methoxy groups -OCH3 is 1. The summed E-state index contributed by atoms with van der Waals surface area (Å²) >= 11 is 0. The number of ether oxygens (including phenoxy) is 3. The lowest BCUT2D eigenvalue weighted by Crippen LogP contribution is -2.56. The van der Waals surface area contributed by atoms with E-state index in [4.69, 9.17) is 19.9 Å². The van der Waals surface area contributed by atoms with Gasteiger partial charge in [0.15, 0.2) is 23.6 Å². The van der Waals surface area contributed by atoms with Crippen molar-refractivity contribution >= 4 is 36.7 Å². The quantitative estimate of drug-likeness (QED) is 0.0824. The van der Waals surface area contributed by atoms with Gasteiger partial charge in [0.2, 0.25) is 7.37 Å². The van der Waals surface area contributed by atoms with Gasteiger partial charge < -0.3 is 60.6 Å². The topological polar surface area (TPSA) is 330 Å². The summed E-state index contributed by atoms with van der Waals surface area (Å²) in [4.78, 5) is 76.3. The van der Waals surface area contributed by atoms with Gasteiger partial charge in [0.1, 0.15) is 28.9 Å². The molecule has 0 amide bonds. The van der Waals surface area contributed by atoms with Crippen LogP contribution >= 0.6 is 7.37 Å². The lowest BCUT2D eigenvalue weighted by atomic mass is 9.63. The monoisotopic (exact) mass is 822 g/mol. The molecule has 1 aromatic rings. The van der Waals surface area contributed by atoms with Gasteiger partial charge >= 0.3 is 11.9 Å². The summed E-state index contributed by atoms with van der Waals surface area (Å²) in [5.74, 6) is -12.3. The van der Waals surface area contributed by atoms with Crippen molar-refractivity contribution < 1.29 is 83.4 Å². The highest BCUT2D eigenvalue weighted by molar-refractivity contribution is 7.58. The number of carboxylic acid groups (broad SMARTS) is 2. The second-order valence-electron chi connectivity index (χ2n) is 15.0. The molecular weight excluding hydrogens is 775 g/mol. The molecule has 1 aliphatic heterocycles. The van der Waals surface area contributed by atoms with Gasteiger partial charge in [0, 0.05) is 54.6 Å². The third kappa shape index (κ3) is 8.85. The zero-order chi connectivity index (χ0) is 42.3. The molecule has 4 aliphatic rings. The Hall–Kier alpha value is -4.46. The number of carbonyl (C=O) groups excluding carboxylic acids is 3. The number of nitrogens with two attached hydrogens (primary N) is 1. The lowest BCUT2D eigenvalue weighted by Gasteiger charge is -2.46. The predicted octanol–water partition coefficient (Wildman–Crippen LogP) is 1.11. The Morgan fingerprint density at radius 3 is 2.35 bits per heavy atom. The molecule has 2 fully saturated rings. The van der Waals surface area contributed by atoms with Crippen LogP contribution in [0.3, 0.4) is 0 Å². The number of aliphatic hydroxyl groups excluding tert-OH is 4. The molecule has 57 heavy (non-hydrogen) atoms. The largest absolute Gasteiger partial charge is 0.513 e. The Balaban J connectivity index is 1.46. The van der Waals surface area contributed by atoms with E-state index < -0.39 is 140 Å². The summed E-state index contributed by atoms with van der Waals surface area (Å²) in [6.07, 6.45) is -8.58. The molecule has 0 bridgehead atoms. The lowest BCUT2D eigenvalue weighted by molar-refractivity contribution is -0.240. The van der Waals surface area contributed by atoms with Crippen LogP contribution in [0.2, 0.25) is 0 Å². The van der Waals surface area contributed by atoms with E-state index in [1.165, 1.54) is 32.2 Å². The fraction of sp³-hybridized carbons (Fsp3) is 0.541.